The van der Waals surface area contributed by atoms with Gasteiger partial charge in [-0.25, -0.2) is 19.6 Å². The molecular weight excluding hydrogens is 402 g/mol. The van der Waals surface area contributed by atoms with Crippen molar-refractivity contribution in [2.24, 2.45) is 5.84 Å². The molecule has 30 heavy (non-hydrogen) atoms. The van der Waals surface area contributed by atoms with Gasteiger partial charge in [0.1, 0.15) is 17.2 Å². The highest BCUT2D eigenvalue weighted by molar-refractivity contribution is 5.99. The topological polar surface area (TPSA) is 127 Å². The molecule has 0 saturated carbocycles. The molecule has 1 saturated heterocycles. The maximum Gasteiger partial charge on any atom is 0.290 e. The molecule has 0 aliphatic carbocycles. The average molecular weight is 420 g/mol. The van der Waals surface area contributed by atoms with Crippen LogP contribution in [0.1, 0.15) is 44.4 Å². The first-order valence-corrected chi connectivity index (χ1v) is 9.12. The van der Waals surface area contributed by atoms with Gasteiger partial charge in [-0.3, -0.25) is 14.4 Å². The summed E-state index contributed by atoms with van der Waals surface area (Å²) in [5.41, 5.74) is -1.98. The molecule has 1 aromatic heterocycles. The molecule has 0 spiro atoms. The number of hydrogen-bond acceptors (Lipinski definition) is 6. The van der Waals surface area contributed by atoms with Crippen molar-refractivity contribution in [3.63, 3.8) is 0 Å². The van der Waals surface area contributed by atoms with Gasteiger partial charge in [-0.2, -0.15) is 0 Å². The van der Waals surface area contributed by atoms with Gasteiger partial charge in [0, 0.05) is 23.9 Å². The lowest BCUT2D eigenvalue weighted by atomic mass is 10.1. The van der Waals surface area contributed by atoms with E-state index < -0.39 is 52.5 Å². The summed E-state index contributed by atoms with van der Waals surface area (Å²) in [5.74, 6) is 1.61. The van der Waals surface area contributed by atoms with Gasteiger partial charge in [-0.15, -0.1) is 0 Å². The highest BCUT2D eigenvalue weighted by Crippen LogP contribution is 2.35. The third-order valence-electron chi connectivity index (χ3n) is 5.39. The van der Waals surface area contributed by atoms with Gasteiger partial charge in [0.2, 0.25) is 5.43 Å². The molecule has 4 N–H and O–H groups in total. The van der Waals surface area contributed by atoms with Crippen molar-refractivity contribution >= 4 is 11.8 Å². The number of nitrogens with one attached hydrogen (secondary N) is 1. The van der Waals surface area contributed by atoms with Crippen LogP contribution in [0.2, 0.25) is 0 Å². The first kappa shape index (κ1) is 20.0. The lowest BCUT2D eigenvalue weighted by Gasteiger charge is -2.36. The number of hydrazine groups is 1. The van der Waals surface area contributed by atoms with Crippen LogP contribution in [0.15, 0.2) is 23.1 Å². The number of aromatic nitrogens is 1. The standard InChI is InChI=1S/C19H18F2N4O5/c1-8-11(20)3-2-9(13(8)21)6-23-17(28)10-7-24-12-4-5-30-19(12)25(22)18(29)14(24)16(27)15(10)26/h2-3,7,12,19,27H,4-6,22H2,1H3,(H,23,28). The second kappa shape index (κ2) is 7.18. The Hall–Kier alpha value is -3.31. The maximum atomic E-state index is 14.1. The zero-order valence-electron chi connectivity index (χ0n) is 15.8. The number of carbonyl (C=O) groups excluding carboxylic acids is 2. The third kappa shape index (κ3) is 2.94. The van der Waals surface area contributed by atoms with E-state index >= 15 is 0 Å². The van der Waals surface area contributed by atoms with Gasteiger partial charge < -0.3 is 19.7 Å². The predicted octanol–water partition coefficient (Wildman–Crippen LogP) is 0.688. The normalized spacial score (nSPS) is 20.1. The molecule has 4 rings (SSSR count). The van der Waals surface area contributed by atoms with Crippen LogP contribution in [0.25, 0.3) is 0 Å². The maximum absolute atomic E-state index is 14.1. The monoisotopic (exact) mass is 420 g/mol. The molecule has 158 valence electrons. The van der Waals surface area contributed by atoms with Crippen molar-refractivity contribution in [1.29, 1.82) is 0 Å². The second-order valence-electron chi connectivity index (χ2n) is 7.13. The molecule has 1 fully saturated rings. The van der Waals surface area contributed by atoms with Crippen LogP contribution in [0.5, 0.6) is 5.75 Å². The van der Waals surface area contributed by atoms with Crippen LogP contribution in [-0.4, -0.2) is 39.3 Å². The summed E-state index contributed by atoms with van der Waals surface area (Å²) in [5, 5.41) is 13.5. The number of benzene rings is 1. The quantitative estimate of drug-likeness (QED) is 0.495. The fourth-order valence-corrected chi connectivity index (χ4v) is 3.72. The van der Waals surface area contributed by atoms with E-state index in [0.717, 1.165) is 17.3 Å². The number of hydrogen-bond donors (Lipinski definition) is 3. The summed E-state index contributed by atoms with van der Waals surface area (Å²) in [4.78, 5) is 37.6. The molecule has 0 bridgehead atoms. The van der Waals surface area contributed by atoms with Crippen molar-refractivity contribution in [2.75, 3.05) is 6.61 Å². The number of amides is 2. The zero-order chi connectivity index (χ0) is 21.7. The Bertz CT molecular complexity index is 1130. The van der Waals surface area contributed by atoms with Crippen molar-refractivity contribution in [1.82, 2.24) is 14.9 Å². The van der Waals surface area contributed by atoms with Gasteiger partial charge >= 0.3 is 0 Å². The van der Waals surface area contributed by atoms with Crippen LogP contribution >= 0.6 is 0 Å². The minimum absolute atomic E-state index is 0.0303. The Morgan fingerprint density at radius 2 is 2.10 bits per heavy atom. The van der Waals surface area contributed by atoms with Crippen molar-refractivity contribution in [3.05, 3.63) is 62.6 Å². The van der Waals surface area contributed by atoms with E-state index in [-0.39, 0.29) is 23.4 Å². The van der Waals surface area contributed by atoms with Crippen molar-refractivity contribution < 1.29 is 28.2 Å². The van der Waals surface area contributed by atoms with E-state index in [0.29, 0.717) is 13.0 Å². The molecule has 2 amide bonds. The predicted molar refractivity (Wildman–Crippen MR) is 98.4 cm³/mol. The van der Waals surface area contributed by atoms with E-state index in [1.165, 1.54) is 17.6 Å². The molecule has 3 heterocycles. The van der Waals surface area contributed by atoms with Crippen LogP contribution in [0.3, 0.4) is 0 Å². The number of ether oxygens (including phenoxy) is 1. The molecule has 2 unspecified atom stereocenters. The Morgan fingerprint density at radius 1 is 1.37 bits per heavy atom. The lowest BCUT2D eigenvalue weighted by molar-refractivity contribution is -0.0358. The summed E-state index contributed by atoms with van der Waals surface area (Å²) in [6.07, 6.45) is 0.817. The number of aromatic hydroxyl groups is 1. The van der Waals surface area contributed by atoms with Gasteiger partial charge in [0.25, 0.3) is 11.8 Å². The van der Waals surface area contributed by atoms with E-state index in [9.17, 15) is 28.3 Å². The highest BCUT2D eigenvalue weighted by atomic mass is 19.1. The molecule has 11 heteroatoms. The molecule has 2 aromatic rings. The molecule has 2 atom stereocenters. The van der Waals surface area contributed by atoms with Crippen LogP contribution in [-0.2, 0) is 11.3 Å². The smallest absolute Gasteiger partial charge is 0.290 e. The van der Waals surface area contributed by atoms with Gasteiger partial charge in [-0.05, 0) is 19.4 Å². The van der Waals surface area contributed by atoms with Gasteiger partial charge in [-0.1, -0.05) is 6.07 Å². The number of rotatable bonds is 3. The van der Waals surface area contributed by atoms with E-state index in [2.05, 4.69) is 5.32 Å². The minimum atomic E-state index is -1.06. The highest BCUT2D eigenvalue weighted by Gasteiger charge is 2.44. The average Bonchev–Trinajstić information content (AvgIpc) is 3.21. The minimum Gasteiger partial charge on any atom is -0.503 e. The Labute approximate surface area is 168 Å². The van der Waals surface area contributed by atoms with Crippen molar-refractivity contribution in [2.45, 2.75) is 32.2 Å². The fraction of sp³-hybridized carbons (Fsp3) is 0.316. The number of fused-ring (bicyclic) bond motifs is 3. The summed E-state index contributed by atoms with van der Waals surface area (Å²) >= 11 is 0. The van der Waals surface area contributed by atoms with Gasteiger partial charge in [0.05, 0.1) is 12.6 Å². The van der Waals surface area contributed by atoms with E-state index in [4.69, 9.17) is 10.6 Å². The molecule has 0 radical (unpaired) electrons. The third-order valence-corrected chi connectivity index (χ3v) is 5.39. The van der Waals surface area contributed by atoms with Crippen LogP contribution in [0, 0.1) is 18.6 Å². The Morgan fingerprint density at radius 3 is 2.83 bits per heavy atom. The summed E-state index contributed by atoms with van der Waals surface area (Å²) in [6, 6.07) is 1.77. The second-order valence-corrected chi connectivity index (χ2v) is 7.13. The summed E-state index contributed by atoms with van der Waals surface area (Å²) < 4.78 is 34.3. The number of nitrogens with zero attached hydrogens (tertiary/aromatic N) is 2. The SMILES string of the molecule is Cc1c(F)ccc(CNC(=O)c2cn3c(c(O)c2=O)C(=O)N(N)C2OCCC23)c1F. The van der Waals surface area contributed by atoms with Gasteiger partial charge in [0.15, 0.2) is 17.7 Å². The fourth-order valence-electron chi connectivity index (χ4n) is 3.72. The number of carbonyl (C=O) groups is 2. The van der Waals surface area contributed by atoms with Crippen LogP contribution < -0.4 is 16.6 Å². The Kier molecular flexibility index (Phi) is 4.79. The molecule has 2 aliphatic heterocycles. The number of halogens is 2. The first-order valence-electron chi connectivity index (χ1n) is 9.12. The largest absolute Gasteiger partial charge is 0.503 e. The van der Waals surface area contributed by atoms with Crippen LogP contribution in [0.4, 0.5) is 8.78 Å². The first-order chi connectivity index (χ1) is 14.2. The van der Waals surface area contributed by atoms with E-state index in [1.807, 2.05) is 0 Å². The number of nitrogens with two attached hydrogens (primary N) is 1. The van der Waals surface area contributed by atoms with Crippen molar-refractivity contribution in [3.8, 4) is 5.75 Å². The number of pyridine rings is 1. The lowest BCUT2D eigenvalue weighted by Crippen LogP contribution is -2.54. The summed E-state index contributed by atoms with van der Waals surface area (Å²) in [7, 11) is 0. The Balaban J connectivity index is 1.67. The zero-order valence-corrected chi connectivity index (χ0v) is 15.8. The van der Waals surface area contributed by atoms with E-state index in [1.54, 1.807) is 0 Å². The molecule has 1 aromatic carbocycles. The summed E-state index contributed by atoms with van der Waals surface area (Å²) in [6.45, 7) is 1.26. The molecule has 2 aliphatic rings. The molecule has 9 nitrogen and oxygen atoms in total. The molecular formula is C19H18F2N4O5.